The number of aromatic hydroxyl groups is 1. The molecule has 10 nitrogen and oxygen atoms in total. The zero-order valence-electron chi connectivity index (χ0n) is 19.8. The van der Waals surface area contributed by atoms with Gasteiger partial charge in [0.05, 0.1) is 31.8 Å². The quantitative estimate of drug-likeness (QED) is 0.259. The van der Waals surface area contributed by atoms with Gasteiger partial charge in [0, 0.05) is 0 Å². The molecule has 0 heterocycles. The molecule has 1 rings (SSSR count). The monoisotopic (exact) mass is 502 g/mol. The van der Waals surface area contributed by atoms with Crippen molar-refractivity contribution in [2.45, 2.75) is 59.3 Å². The number of aliphatic hydroxyl groups excluding tert-OH is 4. The van der Waals surface area contributed by atoms with Crippen LogP contribution in [0, 0.1) is 12.3 Å². The van der Waals surface area contributed by atoms with Crippen molar-refractivity contribution in [1.29, 1.82) is 0 Å². The topological polar surface area (TPSA) is 191 Å². The van der Waals surface area contributed by atoms with E-state index < -0.39 is 49.0 Å². The van der Waals surface area contributed by atoms with Crippen molar-refractivity contribution in [2.24, 2.45) is 5.41 Å². The summed E-state index contributed by atoms with van der Waals surface area (Å²) in [6, 6.07) is 4.23. The molecule has 190 valence electrons. The van der Waals surface area contributed by atoms with Crippen LogP contribution in [0.2, 0.25) is 0 Å². The molecule has 0 spiro atoms. The summed E-state index contributed by atoms with van der Waals surface area (Å²) >= 11 is 0. The van der Waals surface area contributed by atoms with Gasteiger partial charge in [-0.2, -0.15) is 0 Å². The molecule has 0 aliphatic heterocycles. The first-order chi connectivity index (χ1) is 14.4. The molecule has 0 radical (unpaired) electrons. The van der Waals surface area contributed by atoms with Crippen molar-refractivity contribution < 1.29 is 49.4 Å². The van der Waals surface area contributed by atoms with E-state index in [-0.39, 0.29) is 10.8 Å². The minimum Gasteiger partial charge on any atom is -0.507 e. The van der Waals surface area contributed by atoms with Gasteiger partial charge in [-0.25, -0.2) is 4.31 Å². The summed E-state index contributed by atoms with van der Waals surface area (Å²) in [6.07, 6.45) is 0. The van der Waals surface area contributed by atoms with Crippen LogP contribution in [0.1, 0.15) is 58.2 Å². The number of aliphatic hydroxyl groups is 4. The summed E-state index contributed by atoms with van der Waals surface area (Å²) in [4.78, 5) is 31.3. The highest BCUT2D eigenvalue weighted by atomic mass is 31.2. The summed E-state index contributed by atoms with van der Waals surface area (Å²) in [7, 11) is -5.22. The first-order valence-corrected chi connectivity index (χ1v) is 12.1. The summed E-state index contributed by atoms with van der Waals surface area (Å²) in [5.41, 5.74) is 2.29. The Morgan fingerprint density at radius 1 is 0.719 bits per heavy atom. The van der Waals surface area contributed by atoms with Gasteiger partial charge >= 0.3 is 17.2 Å². The van der Waals surface area contributed by atoms with Gasteiger partial charge in [-0.1, -0.05) is 53.7 Å². The van der Waals surface area contributed by atoms with Gasteiger partial charge in [-0.15, -0.1) is 0 Å². The molecule has 0 fully saturated rings. The van der Waals surface area contributed by atoms with Gasteiger partial charge in [0.25, 0.3) is 0 Å². The van der Waals surface area contributed by atoms with Crippen LogP contribution >= 0.6 is 17.2 Å². The molecule has 0 atom stereocenters. The van der Waals surface area contributed by atoms with E-state index in [2.05, 4.69) is 58.0 Å². The lowest BCUT2D eigenvalue weighted by Crippen LogP contribution is -2.37. The third kappa shape index (κ3) is 12.7. The number of phenols is 1. The standard InChI is InChI=1S/C15H24O.C5H12O4.H4O5P2/c1-10-8-11(14(2,3)4)9-12(13(10)16)15(5,6)7;6-1-5(2-7,3-8)4-9;1-6(2)5-7(3)4/h8-9,16H,1-7H3;6-9H,1-4H2;1-4H. The van der Waals surface area contributed by atoms with Gasteiger partial charge < -0.3 is 45.1 Å². The number of phenolic OH excluding ortho intramolecular Hbond substituents is 1. The molecule has 1 aromatic carbocycles. The van der Waals surface area contributed by atoms with Gasteiger partial charge in [0.15, 0.2) is 0 Å². The molecule has 0 bridgehead atoms. The summed E-state index contributed by atoms with van der Waals surface area (Å²) < 4.78 is 3.60. The van der Waals surface area contributed by atoms with Crippen molar-refractivity contribution in [3.8, 4) is 5.75 Å². The molecular formula is C20H40O10P2. The van der Waals surface area contributed by atoms with Gasteiger partial charge in [0.2, 0.25) is 0 Å². The molecule has 0 aromatic heterocycles. The predicted molar refractivity (Wildman–Crippen MR) is 125 cm³/mol. The minimum atomic E-state index is -2.61. The zero-order valence-corrected chi connectivity index (χ0v) is 21.6. The fourth-order valence-electron chi connectivity index (χ4n) is 2.15. The van der Waals surface area contributed by atoms with E-state index in [0.29, 0.717) is 5.75 Å². The molecule has 0 aliphatic rings. The lowest BCUT2D eigenvalue weighted by atomic mass is 9.79. The van der Waals surface area contributed by atoms with Crippen LogP contribution in [0.4, 0.5) is 0 Å². The average Bonchev–Trinajstić information content (AvgIpc) is 2.64. The normalized spacial score (nSPS) is 12.3. The third-order valence-corrected chi connectivity index (χ3v) is 5.63. The maximum Gasteiger partial charge on any atom is 0.334 e. The lowest BCUT2D eigenvalue weighted by molar-refractivity contribution is -0.0328. The number of aryl methyl sites for hydroxylation is 1. The van der Waals surface area contributed by atoms with Crippen molar-refractivity contribution in [3.05, 3.63) is 28.8 Å². The molecule has 32 heavy (non-hydrogen) atoms. The average molecular weight is 502 g/mol. The Balaban J connectivity index is 0. The SMILES string of the molecule is Cc1cc(C(C)(C)C)cc(C(C)(C)C)c1O.OCC(CO)(CO)CO.OP(O)OP(O)O. The maximum absolute atomic E-state index is 10.1. The van der Waals surface area contributed by atoms with Crippen molar-refractivity contribution >= 4 is 17.2 Å². The number of hydrogen-bond donors (Lipinski definition) is 9. The van der Waals surface area contributed by atoms with Gasteiger partial charge in [-0.05, 0) is 34.4 Å². The second-order valence-electron chi connectivity index (χ2n) is 9.41. The molecule has 0 unspecified atom stereocenters. The fourth-order valence-corrected chi connectivity index (χ4v) is 2.67. The van der Waals surface area contributed by atoms with Gasteiger partial charge in [0.1, 0.15) is 5.75 Å². The Labute approximate surface area is 192 Å². The summed E-state index contributed by atoms with van der Waals surface area (Å²) in [6.45, 7) is 13.3. The Morgan fingerprint density at radius 2 is 1.09 bits per heavy atom. The molecule has 1 aromatic rings. The molecule has 9 N–H and O–H groups in total. The Hall–Kier alpha value is -0.480. The van der Waals surface area contributed by atoms with Crippen molar-refractivity contribution in [1.82, 2.24) is 0 Å². The summed E-state index contributed by atoms with van der Waals surface area (Å²) in [5, 5.41) is 44.1. The van der Waals surface area contributed by atoms with Crippen LogP contribution in [0.15, 0.2) is 12.1 Å². The van der Waals surface area contributed by atoms with Crippen LogP contribution in [-0.2, 0) is 15.1 Å². The maximum atomic E-state index is 10.1. The second-order valence-corrected chi connectivity index (χ2v) is 11.1. The van der Waals surface area contributed by atoms with E-state index in [9.17, 15) is 5.11 Å². The number of benzene rings is 1. The zero-order chi connectivity index (χ0) is 25.9. The number of rotatable bonds is 6. The van der Waals surface area contributed by atoms with E-state index in [0.717, 1.165) is 11.1 Å². The predicted octanol–water partition coefficient (Wildman–Crippen LogP) is 1.66. The highest BCUT2D eigenvalue weighted by Crippen LogP contribution is 2.41. The van der Waals surface area contributed by atoms with Crippen molar-refractivity contribution in [2.75, 3.05) is 26.4 Å². The lowest BCUT2D eigenvalue weighted by Gasteiger charge is -2.26. The van der Waals surface area contributed by atoms with E-state index >= 15 is 0 Å². The highest BCUT2D eigenvalue weighted by Gasteiger charge is 2.26. The van der Waals surface area contributed by atoms with Crippen LogP contribution in [0.3, 0.4) is 0 Å². The second kappa shape index (κ2) is 14.7. The van der Waals surface area contributed by atoms with Gasteiger partial charge in [-0.3, -0.25) is 0 Å². The molecular weight excluding hydrogens is 462 g/mol. The van der Waals surface area contributed by atoms with Crippen LogP contribution < -0.4 is 0 Å². The van der Waals surface area contributed by atoms with E-state index in [1.807, 2.05) is 6.92 Å². The Bertz CT molecular complexity index is 627. The summed E-state index contributed by atoms with van der Waals surface area (Å²) in [5.74, 6) is 0.445. The Kier molecular flexibility index (Phi) is 15.5. The smallest absolute Gasteiger partial charge is 0.334 e. The molecule has 0 saturated heterocycles. The molecule has 0 amide bonds. The molecule has 12 heteroatoms. The first-order valence-electron chi connectivity index (χ1n) is 9.72. The number of hydrogen-bond acceptors (Lipinski definition) is 10. The Morgan fingerprint density at radius 3 is 1.28 bits per heavy atom. The van der Waals surface area contributed by atoms with Crippen LogP contribution in [0.5, 0.6) is 5.75 Å². The third-order valence-electron chi connectivity index (χ3n) is 4.46. The molecule has 0 saturated carbocycles. The fraction of sp³-hybridized carbons (Fsp3) is 0.700. The largest absolute Gasteiger partial charge is 0.507 e. The van der Waals surface area contributed by atoms with E-state index in [1.165, 1.54) is 5.56 Å². The van der Waals surface area contributed by atoms with Crippen LogP contribution in [-0.4, -0.2) is 71.5 Å². The van der Waals surface area contributed by atoms with Crippen molar-refractivity contribution in [3.63, 3.8) is 0 Å². The van der Waals surface area contributed by atoms with E-state index in [4.69, 9.17) is 40.0 Å². The van der Waals surface area contributed by atoms with E-state index in [1.54, 1.807) is 0 Å². The highest BCUT2D eigenvalue weighted by molar-refractivity contribution is 7.53. The molecule has 0 aliphatic carbocycles. The minimum absolute atomic E-state index is 0.0178. The van der Waals surface area contributed by atoms with Crippen LogP contribution in [0.25, 0.3) is 0 Å². The first kappa shape index (κ1) is 33.7.